The number of aromatic carboxylic acids is 1. The number of anilines is 3. The highest BCUT2D eigenvalue weighted by atomic mass is 32.2. The highest BCUT2D eigenvalue weighted by Crippen LogP contribution is 2.46. The molecule has 3 atom stereocenters. The number of fused-ring (bicyclic) bond motifs is 3. The van der Waals surface area contributed by atoms with Crippen molar-refractivity contribution >= 4 is 119 Å². The summed E-state index contributed by atoms with van der Waals surface area (Å²) in [5.41, 5.74) is 8.24. The molecule has 0 bridgehead atoms. The number of carboxylic acids is 3. The number of aromatic nitrogens is 4. The molecule has 1 aliphatic carbocycles. The first-order chi connectivity index (χ1) is 39.1. The summed E-state index contributed by atoms with van der Waals surface area (Å²) >= 11 is 0.721. The Morgan fingerprint density at radius 2 is 1.52 bits per heavy atom. The summed E-state index contributed by atoms with van der Waals surface area (Å²) in [6.45, 7) is -0.705. The third kappa shape index (κ3) is 13.0. The number of benzene rings is 4. The number of imide groups is 1. The fourth-order valence-corrected chi connectivity index (χ4v) is 11.3. The van der Waals surface area contributed by atoms with Crippen molar-refractivity contribution in [3.05, 3.63) is 111 Å². The molecule has 1 unspecified atom stereocenters. The summed E-state index contributed by atoms with van der Waals surface area (Å²) in [5, 5.41) is 45.9. The van der Waals surface area contributed by atoms with Gasteiger partial charge in [0, 0.05) is 65.0 Å². The molecule has 13 N–H and O–H groups in total. The van der Waals surface area contributed by atoms with E-state index in [9.17, 15) is 84.4 Å². The van der Waals surface area contributed by atoms with E-state index in [1.54, 1.807) is 0 Å². The Morgan fingerprint density at radius 3 is 2.18 bits per heavy atom. The van der Waals surface area contributed by atoms with Crippen molar-refractivity contribution in [1.29, 1.82) is 5.41 Å². The van der Waals surface area contributed by atoms with E-state index in [2.05, 4.69) is 41.2 Å². The SMILES string of the molecule is N=c1ccc2c(-c3ccc(C(=O)NCCN4C(=O)CC(SC[C@H](NC(=O)CC[C@H](NC(=O)c5ccc(NCc6cnc7nc(N)[nH]c(=O)c7n6)cc5)C(=O)O)C(=O)O)C4=O)cc3C(=O)O)c3ccc(N)c(S(=O)(=O)[O-])c3oc-2c1S(=O)(=O)[O-]. The average Bonchev–Trinajstić information content (AvgIpc) is 1.59. The van der Waals surface area contributed by atoms with Gasteiger partial charge in [0.25, 0.3) is 17.4 Å². The number of aliphatic carboxylic acids is 2. The number of amides is 5. The summed E-state index contributed by atoms with van der Waals surface area (Å²) in [7, 11) is -11.1. The van der Waals surface area contributed by atoms with Crippen LogP contribution in [0.2, 0.25) is 0 Å². The van der Waals surface area contributed by atoms with Gasteiger partial charge in [-0.2, -0.15) is 4.98 Å². The van der Waals surface area contributed by atoms with Gasteiger partial charge in [-0.15, -0.1) is 11.8 Å². The van der Waals surface area contributed by atoms with Crippen LogP contribution in [-0.4, -0.2) is 150 Å². The maximum Gasteiger partial charge on any atom is 0.336 e. The molecule has 0 radical (unpaired) electrons. The van der Waals surface area contributed by atoms with Crippen LogP contribution >= 0.6 is 11.8 Å². The number of aromatic amines is 1. The van der Waals surface area contributed by atoms with Crippen LogP contribution in [0.4, 0.5) is 17.3 Å². The van der Waals surface area contributed by atoms with Crippen molar-refractivity contribution < 1.29 is 84.0 Å². The van der Waals surface area contributed by atoms with Gasteiger partial charge < -0.3 is 61.6 Å². The monoisotopic (exact) mass is 1200 g/mol. The predicted molar refractivity (Wildman–Crippen MR) is 285 cm³/mol. The topological polar surface area (TPSA) is 524 Å². The Bertz CT molecular complexity index is 4210. The third-order valence-electron chi connectivity index (χ3n) is 12.6. The molecule has 0 saturated carbocycles. The maximum absolute atomic E-state index is 13.4. The number of nitrogens with two attached hydrogens (primary N) is 2. The van der Waals surface area contributed by atoms with Crippen molar-refractivity contribution in [1.82, 2.24) is 40.8 Å². The van der Waals surface area contributed by atoms with Crippen LogP contribution in [-0.2, 0) is 50.8 Å². The van der Waals surface area contributed by atoms with Crippen molar-refractivity contribution in [3.63, 3.8) is 0 Å². The molecule has 2 aromatic heterocycles. The van der Waals surface area contributed by atoms with Crippen LogP contribution in [0.5, 0.6) is 0 Å². The van der Waals surface area contributed by atoms with E-state index in [1.807, 2.05) is 0 Å². The molecule has 3 aromatic carbocycles. The van der Waals surface area contributed by atoms with E-state index in [1.165, 1.54) is 30.5 Å². The lowest BCUT2D eigenvalue weighted by Gasteiger charge is -2.22. The van der Waals surface area contributed by atoms with E-state index < -0.39 is 166 Å². The summed E-state index contributed by atoms with van der Waals surface area (Å²) in [6.07, 6.45) is -0.0556. The fraction of sp³-hybridized carbons (Fsp3) is 0.204. The molecular formula is C49H42N12O19S3-2. The molecule has 31 nitrogen and oxygen atoms in total. The lowest BCUT2D eigenvalue weighted by Crippen LogP contribution is -2.45. The maximum atomic E-state index is 13.4. The standard InChI is InChI=1S/C49H44N12O19S3/c50-28-9-7-25-35(26-8-10-29(51)40(83(77,78)79)38(26)80-37(25)39(28)82(74,75)76)24-6-3-21(15-27(24)46(68)69)42(64)53-13-14-61-34(63)16-32(45(61)67)81-19-31(48(72)73)57-33(62)12-11-30(47(70)71)58-43(65)20-1-4-22(5-2-20)54-17-23-18-55-41-36(56-23)44(66)60-49(52)59-41/h1-10,15,18,30-32,50,54H,11-14,16-17,19,51H2,(H,53,64)(H,57,62)(H,58,65)(H,68,69)(H,70,71)(H,72,73)(H,74,75,76)(H,77,78,79)(H3,52,55,59,60,66)/p-2/t30-,31-,32?/m0/s1. The number of nitrogens with zero attached hydrogens (tertiary/aromatic N) is 4. The van der Waals surface area contributed by atoms with E-state index >= 15 is 0 Å². The first kappa shape index (κ1) is 59.2. The number of carbonyl (C=O) groups excluding carboxylic acids is 5. The van der Waals surface area contributed by atoms with Gasteiger partial charge in [0.05, 0.1) is 40.3 Å². The Morgan fingerprint density at radius 1 is 0.843 bits per heavy atom. The fourth-order valence-electron chi connectivity index (χ4n) is 8.68. The molecule has 432 valence electrons. The molecule has 2 aliphatic heterocycles. The molecular weight excluding hydrogens is 1160 g/mol. The van der Waals surface area contributed by atoms with Crippen molar-refractivity contribution in [2.45, 2.75) is 52.9 Å². The minimum absolute atomic E-state index is 0.0256. The molecule has 5 aromatic rings. The number of hydrogen-bond acceptors (Lipinski definition) is 24. The van der Waals surface area contributed by atoms with Gasteiger partial charge in [-0.3, -0.25) is 44.1 Å². The van der Waals surface area contributed by atoms with Crippen LogP contribution in [0.15, 0.2) is 91.9 Å². The molecule has 8 rings (SSSR count). The number of hydrogen-bond donors (Lipinski definition) is 11. The van der Waals surface area contributed by atoms with Gasteiger partial charge in [-0.05, 0) is 72.6 Å². The number of H-pyrrole nitrogens is 1. The quantitative estimate of drug-likeness (QED) is 0.0181. The van der Waals surface area contributed by atoms with Gasteiger partial charge in [0.2, 0.25) is 23.7 Å². The van der Waals surface area contributed by atoms with Crippen LogP contribution in [0, 0.1) is 5.41 Å². The summed E-state index contributed by atoms with van der Waals surface area (Å²) < 4.78 is 80.0. The molecule has 5 amide bonds. The number of thioether (sulfide) groups is 1. The number of carbonyl (C=O) groups is 8. The summed E-state index contributed by atoms with van der Waals surface area (Å²) in [5.74, 6) is -10.4. The van der Waals surface area contributed by atoms with Crippen LogP contribution < -0.4 is 43.7 Å². The number of nitrogen functional groups attached to an aromatic ring is 2. The zero-order valence-corrected chi connectivity index (χ0v) is 44.6. The summed E-state index contributed by atoms with van der Waals surface area (Å²) in [4.78, 5) is 128. The van der Waals surface area contributed by atoms with E-state index in [0.29, 0.717) is 11.4 Å². The van der Waals surface area contributed by atoms with Crippen LogP contribution in [0.25, 0.3) is 44.6 Å². The molecule has 1 fully saturated rings. The largest absolute Gasteiger partial charge is 0.744 e. The van der Waals surface area contributed by atoms with Gasteiger partial charge in [-0.25, -0.2) is 41.2 Å². The first-order valence-electron chi connectivity index (χ1n) is 23.9. The molecule has 0 spiro atoms. The number of rotatable bonds is 22. The van der Waals surface area contributed by atoms with E-state index in [0.717, 1.165) is 59.1 Å². The van der Waals surface area contributed by atoms with Crippen molar-refractivity contribution in [2.24, 2.45) is 0 Å². The lowest BCUT2D eigenvalue weighted by atomic mass is 9.89. The van der Waals surface area contributed by atoms with Gasteiger partial charge in [0.15, 0.2) is 22.5 Å². The van der Waals surface area contributed by atoms with Crippen LogP contribution in [0.1, 0.15) is 56.0 Å². The zero-order valence-electron chi connectivity index (χ0n) is 42.2. The van der Waals surface area contributed by atoms with Gasteiger partial charge in [-0.1, -0.05) is 6.07 Å². The van der Waals surface area contributed by atoms with Crippen LogP contribution in [0.3, 0.4) is 0 Å². The zero-order chi connectivity index (χ0) is 60.4. The number of nitrogens with one attached hydrogen (secondary N) is 6. The Labute approximate surface area is 469 Å². The second-order valence-electron chi connectivity index (χ2n) is 18.1. The smallest absolute Gasteiger partial charge is 0.336 e. The van der Waals surface area contributed by atoms with Gasteiger partial charge in [0.1, 0.15) is 42.1 Å². The Balaban J connectivity index is 0.849. The second kappa shape index (κ2) is 23.7. The predicted octanol–water partition coefficient (Wildman–Crippen LogP) is -0.183. The first-order valence-corrected chi connectivity index (χ1v) is 27.8. The number of likely N-dealkylation sites (tertiary alicyclic amines) is 1. The lowest BCUT2D eigenvalue weighted by molar-refractivity contribution is -0.142. The molecule has 83 heavy (non-hydrogen) atoms. The van der Waals surface area contributed by atoms with E-state index in [-0.39, 0.29) is 56.9 Å². The molecule has 3 aliphatic rings. The second-order valence-corrected chi connectivity index (χ2v) is 21.9. The highest BCUT2D eigenvalue weighted by Gasteiger charge is 2.40. The van der Waals surface area contributed by atoms with Crippen molar-refractivity contribution in [3.8, 4) is 22.5 Å². The molecule has 4 heterocycles. The minimum Gasteiger partial charge on any atom is -0.744 e. The average molecular weight is 1200 g/mol. The number of carboxylic acid groups (broad SMARTS) is 3. The summed E-state index contributed by atoms with van der Waals surface area (Å²) in [6, 6.07) is 9.68. The Hall–Kier alpha value is -9.90. The molecule has 1 saturated heterocycles. The van der Waals surface area contributed by atoms with Gasteiger partial charge >= 0.3 is 17.9 Å². The third-order valence-corrected chi connectivity index (χ3v) is 15.7. The van der Waals surface area contributed by atoms with Crippen molar-refractivity contribution in [2.75, 3.05) is 35.6 Å². The normalized spacial score (nSPS) is 14.3. The Kier molecular flexibility index (Phi) is 16.9. The minimum atomic E-state index is -5.57. The molecule has 34 heteroatoms. The highest BCUT2D eigenvalue weighted by molar-refractivity contribution is 8.00. The van der Waals surface area contributed by atoms with E-state index in [4.69, 9.17) is 21.3 Å².